The van der Waals surface area contributed by atoms with Gasteiger partial charge >= 0.3 is 5.97 Å². The number of aliphatic hydroxyl groups is 5. The molecule has 0 aliphatic carbocycles. The lowest BCUT2D eigenvalue weighted by Crippen LogP contribution is -2.62. The van der Waals surface area contributed by atoms with Gasteiger partial charge in [-0.05, 0) is 99.9 Å². The lowest BCUT2D eigenvalue weighted by Gasteiger charge is -2.42. The first kappa shape index (κ1) is 37.9. The second-order valence-electron chi connectivity index (χ2n) is 12.8. The van der Waals surface area contributed by atoms with E-state index in [0.29, 0.717) is 12.2 Å². The molecule has 1 aromatic heterocycles. The van der Waals surface area contributed by atoms with Gasteiger partial charge in [0.2, 0.25) is 0 Å². The number of likely N-dealkylation sites (tertiary alicyclic amines) is 1. The van der Waals surface area contributed by atoms with Crippen molar-refractivity contribution in [3.63, 3.8) is 0 Å². The molecule has 1 fully saturated rings. The van der Waals surface area contributed by atoms with Crippen LogP contribution >= 0.6 is 27.3 Å². The summed E-state index contributed by atoms with van der Waals surface area (Å²) in [7, 11) is 0. The number of halogens is 1. The summed E-state index contributed by atoms with van der Waals surface area (Å²) in [6.07, 6.45) is -4.11. The van der Waals surface area contributed by atoms with Gasteiger partial charge in [0.1, 0.15) is 18.0 Å². The number of piperidine rings is 1. The fourth-order valence-electron chi connectivity index (χ4n) is 6.73. The van der Waals surface area contributed by atoms with Gasteiger partial charge in [-0.15, -0.1) is 11.3 Å². The monoisotopic (exact) mass is 765 g/mol. The molecule has 4 aromatic carbocycles. The number of rotatable bonds is 9. The van der Waals surface area contributed by atoms with Crippen LogP contribution in [0.15, 0.2) is 71.2 Å². The molecule has 266 valence electrons. The second kappa shape index (κ2) is 16.3. The number of aliphatic hydroxyl groups excluding tert-OH is 5. The Morgan fingerprint density at radius 1 is 0.940 bits per heavy atom. The van der Waals surface area contributed by atoms with Crippen molar-refractivity contribution in [3.05, 3.63) is 98.3 Å². The van der Waals surface area contributed by atoms with E-state index in [-0.39, 0.29) is 26.3 Å². The molecule has 0 spiro atoms. The summed E-state index contributed by atoms with van der Waals surface area (Å²) in [6.45, 7) is 8.33. The Morgan fingerprint density at radius 2 is 1.56 bits per heavy atom. The first-order chi connectivity index (χ1) is 23.9. The number of hydrogen-bond acceptors (Lipinski definition) is 9. The minimum atomic E-state index is -1.23. The van der Waals surface area contributed by atoms with E-state index in [9.17, 15) is 25.2 Å². The highest BCUT2D eigenvalue weighted by atomic mass is 79.9. The molecular weight excluding hydrogens is 722 g/mol. The maximum Gasteiger partial charge on any atom is 0.345 e. The van der Waals surface area contributed by atoms with E-state index >= 15 is 0 Å². The van der Waals surface area contributed by atoms with Crippen molar-refractivity contribution in [3.8, 4) is 16.9 Å². The predicted octanol–water partition coefficient (Wildman–Crippen LogP) is 5.53. The van der Waals surface area contributed by atoms with E-state index in [4.69, 9.17) is 14.9 Å². The van der Waals surface area contributed by atoms with Crippen LogP contribution in [0.4, 0.5) is 0 Å². The Morgan fingerprint density at radius 3 is 2.16 bits per heavy atom. The molecule has 50 heavy (non-hydrogen) atoms. The summed E-state index contributed by atoms with van der Waals surface area (Å²) in [5, 5.41) is 59.4. The van der Waals surface area contributed by atoms with Crippen LogP contribution in [0.2, 0.25) is 0 Å². The number of benzene rings is 4. The fraction of sp³-hybridized carbons (Fsp3) is 0.359. The molecule has 6 N–H and O–H groups in total. The van der Waals surface area contributed by atoms with Crippen molar-refractivity contribution in [1.29, 1.82) is 0 Å². The Bertz CT molecular complexity index is 1940. The fourth-order valence-corrected chi connectivity index (χ4v) is 8.63. The van der Waals surface area contributed by atoms with Crippen LogP contribution in [0.5, 0.6) is 5.75 Å². The number of β-amino-alcohol motifs (C(OH)–C–C–N with tert-alkyl or cyclic N) is 2. The molecule has 0 amide bonds. The van der Waals surface area contributed by atoms with E-state index in [0.717, 1.165) is 26.7 Å². The van der Waals surface area contributed by atoms with E-state index in [1.165, 1.54) is 36.9 Å². The molecule has 11 heteroatoms. The summed E-state index contributed by atoms with van der Waals surface area (Å²) < 4.78 is 8.54. The van der Waals surface area contributed by atoms with Crippen LogP contribution in [0.1, 0.15) is 27.1 Å². The standard InChI is InChI=1S/C31H27BrO3S.C8H17NO5/c1-17-14-22(15-18(2)29(17)35-25(31(33)34)16-21-10-6-5-7-11-21)27-23-12-8-9-13-24(23)28(32)30-26(27)19(3)20(4)36-30;10-2-1-9-3-6(12)8(14)7(13)5(9)4-11/h5-15,25H,16H2,1-4H3,(H,33,34);5-8,10-14H,1-4H2/t25-;5-,6+,7-,8-/m11/s1. The topological polar surface area (TPSA) is 151 Å². The Hall–Kier alpha value is -3.39. The number of ether oxygens (including phenoxy) is 1. The van der Waals surface area contributed by atoms with Crippen molar-refractivity contribution in [1.82, 2.24) is 4.90 Å². The third-order valence-corrected chi connectivity index (χ3v) is 11.7. The summed E-state index contributed by atoms with van der Waals surface area (Å²) in [5.74, 6) is -0.329. The minimum Gasteiger partial charge on any atom is -0.478 e. The summed E-state index contributed by atoms with van der Waals surface area (Å²) in [6, 6.07) is 21.7. The second-order valence-corrected chi connectivity index (χ2v) is 14.8. The maximum atomic E-state index is 12.1. The third kappa shape index (κ3) is 7.75. The van der Waals surface area contributed by atoms with E-state index < -0.39 is 36.4 Å². The van der Waals surface area contributed by atoms with Crippen molar-refractivity contribution < 1.29 is 40.2 Å². The van der Waals surface area contributed by atoms with Crippen LogP contribution in [0.3, 0.4) is 0 Å². The minimum absolute atomic E-state index is 0.119. The van der Waals surface area contributed by atoms with Crippen molar-refractivity contribution >= 4 is 54.1 Å². The lowest BCUT2D eigenvalue weighted by molar-refractivity contribution is -0.146. The lowest BCUT2D eigenvalue weighted by atomic mass is 9.91. The number of aryl methyl sites for hydroxylation is 4. The molecule has 0 bridgehead atoms. The maximum absolute atomic E-state index is 12.1. The Kier molecular flexibility index (Phi) is 12.3. The summed E-state index contributed by atoms with van der Waals surface area (Å²) >= 11 is 5.70. The summed E-state index contributed by atoms with van der Waals surface area (Å²) in [4.78, 5) is 14.9. The van der Waals surface area contributed by atoms with Crippen LogP contribution in [0, 0.1) is 27.7 Å². The van der Waals surface area contributed by atoms with Crippen molar-refractivity contribution in [2.75, 3.05) is 26.3 Å². The van der Waals surface area contributed by atoms with Gasteiger partial charge in [-0.25, -0.2) is 4.79 Å². The number of carboxylic acid groups (broad SMARTS) is 1. The number of carboxylic acids is 1. The highest BCUT2D eigenvalue weighted by Crippen LogP contribution is 2.47. The normalized spacial score (nSPS) is 20.0. The van der Waals surface area contributed by atoms with E-state index in [1.54, 1.807) is 4.90 Å². The molecule has 1 aliphatic heterocycles. The zero-order valence-corrected chi connectivity index (χ0v) is 30.9. The van der Waals surface area contributed by atoms with Gasteiger partial charge in [0.15, 0.2) is 6.10 Å². The number of fused-ring (bicyclic) bond motifs is 2. The average molecular weight is 767 g/mol. The predicted molar refractivity (Wildman–Crippen MR) is 201 cm³/mol. The number of hydrogen-bond donors (Lipinski definition) is 6. The molecule has 9 nitrogen and oxygen atoms in total. The van der Waals surface area contributed by atoms with Gasteiger partial charge in [-0.2, -0.15) is 0 Å². The SMILES string of the molecule is Cc1cc(-c2c3ccccc3c(Br)c3sc(C)c(C)c23)cc(C)c1O[C@H](Cc1ccccc1)C(=O)O.OCCN1C[C@H](O)[C@@H](O)[C@H](O)[C@H]1CO. The smallest absolute Gasteiger partial charge is 0.345 e. The third-order valence-electron chi connectivity index (χ3n) is 9.42. The highest BCUT2D eigenvalue weighted by Gasteiger charge is 2.40. The van der Waals surface area contributed by atoms with Crippen LogP contribution in [-0.4, -0.2) is 98.3 Å². The first-order valence-corrected chi connectivity index (χ1v) is 18.1. The molecule has 6 rings (SSSR count). The molecule has 0 saturated carbocycles. The van der Waals surface area contributed by atoms with Gasteiger partial charge < -0.3 is 35.4 Å². The molecule has 2 heterocycles. The number of thiophene rings is 1. The zero-order valence-electron chi connectivity index (χ0n) is 28.5. The zero-order chi connectivity index (χ0) is 36.3. The molecule has 0 radical (unpaired) electrons. The quantitative estimate of drug-likeness (QED) is 0.114. The number of carbonyl (C=O) groups is 1. The number of nitrogens with zero attached hydrogens (tertiary/aromatic N) is 1. The first-order valence-electron chi connectivity index (χ1n) is 16.5. The van der Waals surface area contributed by atoms with Gasteiger partial charge in [0, 0.05) is 34.2 Å². The van der Waals surface area contributed by atoms with Gasteiger partial charge in [-0.3, -0.25) is 4.90 Å². The van der Waals surface area contributed by atoms with Crippen LogP contribution in [-0.2, 0) is 11.2 Å². The highest BCUT2D eigenvalue weighted by molar-refractivity contribution is 9.11. The van der Waals surface area contributed by atoms with Gasteiger partial charge in [-0.1, -0.05) is 54.6 Å². The van der Waals surface area contributed by atoms with Crippen molar-refractivity contribution in [2.24, 2.45) is 0 Å². The number of aliphatic carboxylic acids is 1. The molecule has 5 atom stereocenters. The average Bonchev–Trinajstić information content (AvgIpc) is 3.39. The molecule has 1 saturated heterocycles. The molecule has 5 aromatic rings. The molecular formula is C39H44BrNO8S. The van der Waals surface area contributed by atoms with Gasteiger partial charge in [0.05, 0.1) is 30.1 Å². The van der Waals surface area contributed by atoms with Crippen molar-refractivity contribution in [2.45, 2.75) is 64.6 Å². The molecule has 0 unspecified atom stereocenters. The largest absolute Gasteiger partial charge is 0.478 e. The van der Waals surface area contributed by atoms with Crippen LogP contribution in [0.25, 0.3) is 32.0 Å². The van der Waals surface area contributed by atoms with E-state index in [1.807, 2.05) is 55.5 Å². The van der Waals surface area contributed by atoms with Gasteiger partial charge in [0.25, 0.3) is 0 Å². The van der Waals surface area contributed by atoms with E-state index in [2.05, 4.69) is 66.2 Å². The van der Waals surface area contributed by atoms with Crippen LogP contribution < -0.4 is 4.74 Å². The Labute approximate surface area is 304 Å². The summed E-state index contributed by atoms with van der Waals surface area (Å²) in [5.41, 5.74) is 6.40. The Balaban J connectivity index is 0.000000292. The molecule has 1 aliphatic rings.